The summed E-state index contributed by atoms with van der Waals surface area (Å²) < 4.78 is 12.0. The number of methoxy groups -OCH3 is 2. The lowest BCUT2D eigenvalue weighted by atomic mass is 10.2. The van der Waals surface area contributed by atoms with Gasteiger partial charge in [0.15, 0.2) is 17.1 Å². The Morgan fingerprint density at radius 3 is 2.75 bits per heavy atom. The minimum Gasteiger partial charge on any atom is -0.493 e. The highest BCUT2D eigenvalue weighted by molar-refractivity contribution is 5.75. The molecule has 7 heteroatoms. The summed E-state index contributed by atoms with van der Waals surface area (Å²) in [6.45, 7) is 0. The summed E-state index contributed by atoms with van der Waals surface area (Å²) in [6.07, 6.45) is 2.83. The fraction of sp³-hybridized carbons (Fsp3) is 0.154. The predicted octanol–water partition coefficient (Wildman–Crippen LogP) is 1.13. The van der Waals surface area contributed by atoms with Crippen molar-refractivity contribution in [2.45, 2.75) is 0 Å². The Kier molecular flexibility index (Phi) is 2.86. The van der Waals surface area contributed by atoms with E-state index in [9.17, 15) is 4.79 Å². The molecular formula is C13H12N4O3. The molecule has 7 nitrogen and oxygen atoms in total. The first-order chi connectivity index (χ1) is 9.74. The first-order valence-corrected chi connectivity index (χ1v) is 5.88. The summed E-state index contributed by atoms with van der Waals surface area (Å²) in [6, 6.07) is 5.36. The third kappa shape index (κ3) is 1.80. The molecule has 0 aliphatic heterocycles. The lowest BCUT2D eigenvalue weighted by molar-refractivity contribution is 0.355. The maximum Gasteiger partial charge on any atom is 0.261 e. The van der Waals surface area contributed by atoms with Gasteiger partial charge in [-0.05, 0) is 12.1 Å². The van der Waals surface area contributed by atoms with Gasteiger partial charge in [-0.15, -0.1) is 0 Å². The van der Waals surface area contributed by atoms with Gasteiger partial charge in [-0.1, -0.05) is 0 Å². The van der Waals surface area contributed by atoms with Crippen LogP contribution < -0.4 is 15.0 Å². The number of aromatic amines is 1. The molecule has 1 N–H and O–H groups in total. The molecule has 2 heterocycles. The van der Waals surface area contributed by atoms with Crippen LogP contribution in [0.3, 0.4) is 0 Å². The van der Waals surface area contributed by atoms with E-state index in [0.29, 0.717) is 22.5 Å². The molecule has 3 rings (SSSR count). The molecule has 0 unspecified atom stereocenters. The van der Waals surface area contributed by atoms with Crippen molar-refractivity contribution in [2.24, 2.45) is 0 Å². The highest BCUT2D eigenvalue weighted by Gasteiger charge is 2.11. The smallest absolute Gasteiger partial charge is 0.261 e. The molecule has 0 atom stereocenters. The SMILES string of the molecule is COc1ccc(-n2ncc3c(=O)[nH]cnc32)cc1OC. The lowest BCUT2D eigenvalue weighted by Gasteiger charge is -2.09. The molecule has 0 saturated carbocycles. The zero-order chi connectivity index (χ0) is 14.1. The van der Waals surface area contributed by atoms with E-state index in [1.807, 2.05) is 6.07 Å². The van der Waals surface area contributed by atoms with Crippen LogP contribution in [0.1, 0.15) is 0 Å². The van der Waals surface area contributed by atoms with Gasteiger partial charge in [0.25, 0.3) is 5.56 Å². The standard InChI is InChI=1S/C13H12N4O3/c1-19-10-4-3-8(5-11(10)20-2)17-12-9(6-16-17)13(18)15-7-14-12/h3-7H,1-2H3,(H,14,15,18). The van der Waals surface area contributed by atoms with Crippen LogP contribution in [-0.2, 0) is 0 Å². The number of H-pyrrole nitrogens is 1. The minimum atomic E-state index is -0.221. The number of nitrogens with one attached hydrogen (secondary N) is 1. The topological polar surface area (TPSA) is 82.0 Å². The monoisotopic (exact) mass is 272 g/mol. The largest absolute Gasteiger partial charge is 0.493 e. The Morgan fingerprint density at radius 2 is 2.00 bits per heavy atom. The second kappa shape index (κ2) is 4.69. The average molecular weight is 272 g/mol. The van der Waals surface area contributed by atoms with E-state index in [4.69, 9.17) is 9.47 Å². The Balaban J connectivity index is 2.21. The third-order valence-electron chi connectivity index (χ3n) is 2.98. The number of ether oxygens (including phenoxy) is 2. The van der Waals surface area contributed by atoms with Crippen molar-refractivity contribution >= 4 is 11.0 Å². The lowest BCUT2D eigenvalue weighted by Crippen LogP contribution is -2.06. The maximum absolute atomic E-state index is 11.7. The van der Waals surface area contributed by atoms with Gasteiger partial charge in [-0.25, -0.2) is 9.67 Å². The van der Waals surface area contributed by atoms with Crippen molar-refractivity contribution in [1.29, 1.82) is 0 Å². The van der Waals surface area contributed by atoms with Crippen LogP contribution >= 0.6 is 0 Å². The molecule has 0 aliphatic rings. The van der Waals surface area contributed by atoms with Gasteiger partial charge in [0.05, 0.1) is 32.4 Å². The summed E-state index contributed by atoms with van der Waals surface area (Å²) >= 11 is 0. The second-order valence-electron chi connectivity index (χ2n) is 4.06. The van der Waals surface area contributed by atoms with Crippen molar-refractivity contribution in [3.8, 4) is 17.2 Å². The van der Waals surface area contributed by atoms with Crippen LogP contribution in [-0.4, -0.2) is 34.0 Å². The predicted molar refractivity (Wildman–Crippen MR) is 72.6 cm³/mol. The highest BCUT2D eigenvalue weighted by Crippen LogP contribution is 2.29. The number of hydrogen-bond donors (Lipinski definition) is 1. The summed E-state index contributed by atoms with van der Waals surface area (Å²) in [7, 11) is 3.13. The first-order valence-electron chi connectivity index (χ1n) is 5.88. The maximum atomic E-state index is 11.7. The third-order valence-corrected chi connectivity index (χ3v) is 2.98. The molecule has 20 heavy (non-hydrogen) atoms. The molecule has 1 aromatic carbocycles. The van der Waals surface area contributed by atoms with Gasteiger partial charge in [0.2, 0.25) is 0 Å². The molecular weight excluding hydrogens is 260 g/mol. The summed E-state index contributed by atoms with van der Waals surface area (Å²) in [4.78, 5) is 18.3. The quantitative estimate of drug-likeness (QED) is 0.772. The molecule has 0 fully saturated rings. The zero-order valence-corrected chi connectivity index (χ0v) is 11.0. The highest BCUT2D eigenvalue weighted by atomic mass is 16.5. The van der Waals surface area contributed by atoms with Gasteiger partial charge < -0.3 is 14.5 Å². The van der Waals surface area contributed by atoms with E-state index < -0.39 is 0 Å². The van der Waals surface area contributed by atoms with Crippen LogP contribution in [0.15, 0.2) is 35.5 Å². The zero-order valence-electron chi connectivity index (χ0n) is 11.0. The van der Waals surface area contributed by atoms with Gasteiger partial charge in [-0.3, -0.25) is 4.79 Å². The Labute approximate surface area is 113 Å². The number of hydrogen-bond acceptors (Lipinski definition) is 5. The van der Waals surface area contributed by atoms with E-state index in [0.717, 1.165) is 5.69 Å². The summed E-state index contributed by atoms with van der Waals surface area (Å²) in [5.41, 5.74) is 0.999. The number of aromatic nitrogens is 4. The number of rotatable bonds is 3. The molecule has 0 aliphatic carbocycles. The van der Waals surface area contributed by atoms with Crippen LogP contribution in [0.5, 0.6) is 11.5 Å². The Bertz CT molecular complexity index is 822. The van der Waals surface area contributed by atoms with Crippen LogP contribution in [0.4, 0.5) is 0 Å². The molecule has 3 aromatic rings. The van der Waals surface area contributed by atoms with E-state index in [1.54, 1.807) is 31.0 Å². The van der Waals surface area contributed by atoms with Gasteiger partial charge >= 0.3 is 0 Å². The number of fused-ring (bicyclic) bond motifs is 1. The number of nitrogens with zero attached hydrogens (tertiary/aromatic N) is 3. The second-order valence-corrected chi connectivity index (χ2v) is 4.06. The minimum absolute atomic E-state index is 0.221. The summed E-state index contributed by atoms with van der Waals surface area (Å²) in [5.74, 6) is 1.21. The van der Waals surface area contributed by atoms with Crippen molar-refractivity contribution in [1.82, 2.24) is 19.7 Å². The Hall–Kier alpha value is -2.83. The van der Waals surface area contributed by atoms with E-state index in [-0.39, 0.29) is 5.56 Å². The van der Waals surface area contributed by atoms with Crippen molar-refractivity contribution in [2.75, 3.05) is 14.2 Å². The van der Waals surface area contributed by atoms with Gasteiger partial charge in [-0.2, -0.15) is 5.10 Å². The van der Waals surface area contributed by atoms with Crippen molar-refractivity contribution < 1.29 is 9.47 Å². The molecule has 0 bridgehead atoms. The molecule has 2 aromatic heterocycles. The van der Waals surface area contributed by atoms with Crippen LogP contribution in [0.25, 0.3) is 16.7 Å². The molecule has 0 spiro atoms. The molecule has 0 radical (unpaired) electrons. The van der Waals surface area contributed by atoms with Gasteiger partial charge in [0, 0.05) is 6.07 Å². The van der Waals surface area contributed by atoms with Crippen LogP contribution in [0, 0.1) is 0 Å². The Morgan fingerprint density at radius 1 is 1.20 bits per heavy atom. The normalized spacial score (nSPS) is 10.7. The molecule has 0 saturated heterocycles. The van der Waals surface area contributed by atoms with Crippen molar-refractivity contribution in [3.63, 3.8) is 0 Å². The number of benzene rings is 1. The van der Waals surface area contributed by atoms with E-state index in [1.165, 1.54) is 12.5 Å². The molecule has 102 valence electrons. The van der Waals surface area contributed by atoms with Crippen molar-refractivity contribution in [3.05, 3.63) is 41.1 Å². The van der Waals surface area contributed by atoms with E-state index in [2.05, 4.69) is 15.1 Å². The van der Waals surface area contributed by atoms with Gasteiger partial charge in [0.1, 0.15) is 5.39 Å². The average Bonchev–Trinajstić information content (AvgIpc) is 2.92. The molecule has 0 amide bonds. The van der Waals surface area contributed by atoms with E-state index >= 15 is 0 Å². The summed E-state index contributed by atoms with van der Waals surface area (Å²) in [5, 5.41) is 4.63. The first kappa shape index (κ1) is 12.2. The fourth-order valence-corrected chi connectivity index (χ4v) is 2.00. The van der Waals surface area contributed by atoms with Crippen LogP contribution in [0.2, 0.25) is 0 Å². The fourth-order valence-electron chi connectivity index (χ4n) is 2.00.